The Balaban J connectivity index is 1.68. The molecule has 0 radical (unpaired) electrons. The van der Waals surface area contributed by atoms with Crippen molar-refractivity contribution in [3.05, 3.63) is 83.7 Å². The molecular weight excluding hydrogens is 374 g/mol. The number of aryl methyl sites for hydroxylation is 2. The number of rotatable bonds is 5. The number of hydrogen-bond donors (Lipinski definition) is 2. The average molecular weight is 395 g/mol. The van der Waals surface area contributed by atoms with E-state index in [1.165, 1.54) is 12.1 Å². The number of sulfone groups is 1. The molecule has 0 fully saturated rings. The summed E-state index contributed by atoms with van der Waals surface area (Å²) in [5.74, 6) is 0. The molecule has 0 aliphatic carbocycles. The van der Waals surface area contributed by atoms with Crippen LogP contribution in [0.2, 0.25) is 0 Å². The molecule has 0 aliphatic rings. The number of aromatic nitrogens is 1. The summed E-state index contributed by atoms with van der Waals surface area (Å²) in [4.78, 5) is 16.4. The van der Waals surface area contributed by atoms with E-state index in [0.717, 1.165) is 16.7 Å². The number of nitrogens with zero attached hydrogens (tertiary/aromatic N) is 1. The zero-order valence-corrected chi connectivity index (χ0v) is 16.5. The average Bonchev–Trinajstić information content (AvgIpc) is 2.67. The van der Waals surface area contributed by atoms with Crippen molar-refractivity contribution in [2.24, 2.45) is 0 Å². The third-order valence-electron chi connectivity index (χ3n) is 4.10. The van der Waals surface area contributed by atoms with Gasteiger partial charge < -0.3 is 10.6 Å². The summed E-state index contributed by atoms with van der Waals surface area (Å²) in [5, 5.41) is 5.41. The molecule has 0 aliphatic heterocycles. The van der Waals surface area contributed by atoms with Crippen molar-refractivity contribution in [2.45, 2.75) is 30.2 Å². The molecule has 0 atom stereocenters. The number of benzene rings is 2. The molecule has 6 nitrogen and oxygen atoms in total. The molecule has 2 N–H and O–H groups in total. The summed E-state index contributed by atoms with van der Waals surface area (Å²) in [6.07, 6.45) is 3.34. The Kier molecular flexibility index (Phi) is 5.75. The highest BCUT2D eigenvalue weighted by molar-refractivity contribution is 7.91. The van der Waals surface area contributed by atoms with Crippen molar-refractivity contribution in [3.63, 3.8) is 0 Å². The van der Waals surface area contributed by atoms with Crippen LogP contribution in [0.25, 0.3) is 0 Å². The second kappa shape index (κ2) is 8.22. The van der Waals surface area contributed by atoms with Crippen molar-refractivity contribution >= 4 is 21.6 Å². The zero-order valence-electron chi connectivity index (χ0n) is 15.6. The van der Waals surface area contributed by atoms with Gasteiger partial charge in [-0.1, -0.05) is 12.1 Å². The van der Waals surface area contributed by atoms with E-state index in [1.807, 2.05) is 26.0 Å². The monoisotopic (exact) mass is 395 g/mol. The van der Waals surface area contributed by atoms with Gasteiger partial charge in [0.2, 0.25) is 9.84 Å². The third-order valence-corrected chi connectivity index (χ3v) is 5.85. The molecule has 28 heavy (non-hydrogen) atoms. The van der Waals surface area contributed by atoms with Gasteiger partial charge in [0.05, 0.1) is 9.79 Å². The first-order chi connectivity index (χ1) is 13.3. The second-order valence-corrected chi connectivity index (χ2v) is 8.47. The minimum Gasteiger partial charge on any atom is -0.334 e. The predicted octanol–water partition coefficient (Wildman–Crippen LogP) is 3.85. The van der Waals surface area contributed by atoms with E-state index < -0.39 is 9.84 Å². The fourth-order valence-corrected chi connectivity index (χ4v) is 4.25. The van der Waals surface area contributed by atoms with E-state index in [2.05, 4.69) is 15.6 Å². The summed E-state index contributed by atoms with van der Waals surface area (Å²) in [6, 6.07) is 14.6. The maximum absolute atomic E-state index is 12.8. The van der Waals surface area contributed by atoms with Crippen LogP contribution in [0.4, 0.5) is 10.5 Å². The van der Waals surface area contributed by atoms with Gasteiger partial charge in [0.1, 0.15) is 0 Å². The maximum atomic E-state index is 12.8. The van der Waals surface area contributed by atoms with Gasteiger partial charge in [-0.05, 0) is 73.0 Å². The van der Waals surface area contributed by atoms with Gasteiger partial charge in [0, 0.05) is 24.6 Å². The molecule has 1 aromatic heterocycles. The van der Waals surface area contributed by atoms with Gasteiger partial charge in [-0.15, -0.1) is 0 Å². The van der Waals surface area contributed by atoms with Crippen molar-refractivity contribution in [2.75, 3.05) is 5.32 Å². The van der Waals surface area contributed by atoms with E-state index in [1.54, 1.807) is 42.7 Å². The normalized spacial score (nSPS) is 11.1. The molecule has 0 saturated heterocycles. The molecule has 3 aromatic rings. The summed E-state index contributed by atoms with van der Waals surface area (Å²) in [6.45, 7) is 4.07. The number of urea groups is 1. The lowest BCUT2D eigenvalue weighted by Gasteiger charge is -2.10. The van der Waals surface area contributed by atoms with Crippen LogP contribution in [-0.2, 0) is 16.4 Å². The lowest BCUT2D eigenvalue weighted by molar-refractivity contribution is 0.251. The van der Waals surface area contributed by atoms with Crippen LogP contribution in [0.15, 0.2) is 76.8 Å². The van der Waals surface area contributed by atoms with E-state index in [4.69, 9.17) is 0 Å². The highest BCUT2D eigenvalue weighted by atomic mass is 32.2. The first kappa shape index (κ1) is 19.6. The van der Waals surface area contributed by atoms with Crippen LogP contribution in [0.5, 0.6) is 0 Å². The Hall–Kier alpha value is -3.19. The number of carbonyl (C=O) groups excluding carboxylic acids is 1. The molecule has 2 amide bonds. The van der Waals surface area contributed by atoms with Crippen LogP contribution in [0.3, 0.4) is 0 Å². The van der Waals surface area contributed by atoms with E-state index in [9.17, 15) is 13.2 Å². The smallest absolute Gasteiger partial charge is 0.319 e. The van der Waals surface area contributed by atoms with Gasteiger partial charge in [0.25, 0.3) is 0 Å². The molecule has 2 aromatic carbocycles. The molecule has 0 unspecified atom stereocenters. The molecule has 1 heterocycles. The first-order valence-corrected chi connectivity index (χ1v) is 10.2. The minimum absolute atomic E-state index is 0.179. The molecule has 144 valence electrons. The van der Waals surface area contributed by atoms with Gasteiger partial charge in [0.15, 0.2) is 0 Å². The fraction of sp³-hybridized carbons (Fsp3) is 0.143. The summed E-state index contributed by atoms with van der Waals surface area (Å²) < 4.78 is 25.7. The van der Waals surface area contributed by atoms with E-state index in [-0.39, 0.29) is 15.8 Å². The molecule has 3 rings (SSSR count). The lowest BCUT2D eigenvalue weighted by Crippen LogP contribution is -2.28. The Labute approximate surface area is 164 Å². The quantitative estimate of drug-likeness (QED) is 0.687. The van der Waals surface area contributed by atoms with Crippen LogP contribution in [0, 0.1) is 13.8 Å². The lowest BCUT2D eigenvalue weighted by atomic mass is 10.2. The molecular formula is C21H21N3O3S. The molecule has 0 bridgehead atoms. The van der Waals surface area contributed by atoms with E-state index in [0.29, 0.717) is 12.2 Å². The largest absolute Gasteiger partial charge is 0.334 e. The maximum Gasteiger partial charge on any atom is 0.319 e. The van der Waals surface area contributed by atoms with Gasteiger partial charge in [-0.2, -0.15) is 0 Å². The highest BCUT2D eigenvalue weighted by Crippen LogP contribution is 2.24. The van der Waals surface area contributed by atoms with Crippen LogP contribution in [0.1, 0.15) is 16.7 Å². The molecule has 0 spiro atoms. The number of amides is 2. The fourth-order valence-electron chi connectivity index (χ4n) is 2.80. The van der Waals surface area contributed by atoms with Crippen molar-refractivity contribution in [1.82, 2.24) is 10.3 Å². The Morgan fingerprint density at radius 3 is 2.25 bits per heavy atom. The number of anilines is 1. The second-order valence-electron chi connectivity index (χ2n) is 6.52. The standard InChI is InChI=1S/C21H21N3O3S/c1-15-10-16(2)12-20(11-15)28(26,27)19-7-5-18(6-8-19)24-21(25)23-14-17-4-3-9-22-13-17/h3-13H,14H2,1-2H3,(H2,23,24,25). The summed E-state index contributed by atoms with van der Waals surface area (Å²) >= 11 is 0. The van der Waals surface area contributed by atoms with Crippen molar-refractivity contribution in [1.29, 1.82) is 0 Å². The van der Waals surface area contributed by atoms with Crippen LogP contribution < -0.4 is 10.6 Å². The van der Waals surface area contributed by atoms with E-state index >= 15 is 0 Å². The van der Waals surface area contributed by atoms with Gasteiger partial charge in [-0.3, -0.25) is 4.98 Å². The minimum atomic E-state index is -3.61. The number of pyridine rings is 1. The Bertz CT molecular complexity index is 1060. The Morgan fingerprint density at radius 1 is 0.964 bits per heavy atom. The topological polar surface area (TPSA) is 88.2 Å². The van der Waals surface area contributed by atoms with Crippen molar-refractivity contribution < 1.29 is 13.2 Å². The molecule has 7 heteroatoms. The van der Waals surface area contributed by atoms with Crippen molar-refractivity contribution in [3.8, 4) is 0 Å². The third kappa shape index (κ3) is 4.75. The van der Waals surface area contributed by atoms with Crippen LogP contribution in [-0.4, -0.2) is 19.4 Å². The first-order valence-electron chi connectivity index (χ1n) is 8.72. The highest BCUT2D eigenvalue weighted by Gasteiger charge is 2.18. The zero-order chi connectivity index (χ0) is 20.1. The summed E-state index contributed by atoms with van der Waals surface area (Å²) in [5.41, 5.74) is 3.17. The summed E-state index contributed by atoms with van der Waals surface area (Å²) in [7, 11) is -3.61. The number of carbonyl (C=O) groups is 1. The Morgan fingerprint density at radius 2 is 1.64 bits per heavy atom. The molecule has 0 saturated carbocycles. The van der Waals surface area contributed by atoms with Crippen LogP contribution >= 0.6 is 0 Å². The van der Waals surface area contributed by atoms with Gasteiger partial charge >= 0.3 is 6.03 Å². The predicted molar refractivity (Wildman–Crippen MR) is 108 cm³/mol. The SMILES string of the molecule is Cc1cc(C)cc(S(=O)(=O)c2ccc(NC(=O)NCc3cccnc3)cc2)c1. The number of nitrogens with one attached hydrogen (secondary N) is 2. The van der Waals surface area contributed by atoms with Gasteiger partial charge in [-0.25, -0.2) is 13.2 Å². The number of hydrogen-bond acceptors (Lipinski definition) is 4.